The first-order valence-electron chi connectivity index (χ1n) is 11.6. The normalized spacial score (nSPS) is 14.2. The number of pyridine rings is 3. The zero-order chi connectivity index (χ0) is 22.5. The molecule has 1 aliphatic rings. The van der Waals surface area contributed by atoms with Gasteiger partial charge in [0, 0.05) is 49.1 Å². The largest absolute Gasteiger partial charge is 0.285 e. The summed E-state index contributed by atoms with van der Waals surface area (Å²) in [4.78, 5) is 12.7. The summed E-state index contributed by atoms with van der Waals surface area (Å²) in [7, 11) is 0. The molecule has 0 unspecified atom stereocenters. The Balaban J connectivity index is 1.61. The second kappa shape index (κ2) is 9.41. The summed E-state index contributed by atoms with van der Waals surface area (Å²) >= 11 is 0. The molecular formula is C28H29N5. The van der Waals surface area contributed by atoms with Gasteiger partial charge in [-0.25, -0.2) is 0 Å². The lowest BCUT2D eigenvalue weighted by atomic mass is 9.73. The van der Waals surface area contributed by atoms with Crippen LogP contribution < -0.4 is 10.0 Å². The van der Waals surface area contributed by atoms with E-state index in [0.717, 1.165) is 32.4 Å². The molecule has 5 rings (SSSR count). The smallest absolute Gasteiger partial charge is 0.0613 e. The Morgan fingerprint density at radius 1 is 0.758 bits per heavy atom. The monoisotopic (exact) mass is 435 g/mol. The van der Waals surface area contributed by atoms with Gasteiger partial charge in [-0.15, -0.1) is 0 Å². The van der Waals surface area contributed by atoms with Crippen molar-refractivity contribution < 1.29 is 0 Å². The predicted molar refractivity (Wildman–Crippen MR) is 133 cm³/mol. The fraction of sp³-hybridized carbons (Fsp3) is 0.250. The number of rotatable bonds is 8. The van der Waals surface area contributed by atoms with Crippen molar-refractivity contribution in [1.29, 1.82) is 0 Å². The molecule has 0 bridgehead atoms. The van der Waals surface area contributed by atoms with Crippen molar-refractivity contribution in [3.05, 3.63) is 115 Å². The van der Waals surface area contributed by atoms with E-state index < -0.39 is 0 Å². The molecule has 0 N–H and O–H groups in total. The van der Waals surface area contributed by atoms with E-state index in [1.165, 1.54) is 28.1 Å². The van der Waals surface area contributed by atoms with Crippen molar-refractivity contribution in [2.24, 2.45) is 0 Å². The minimum atomic E-state index is -0.0711. The predicted octanol–water partition coefficient (Wildman–Crippen LogP) is 5.25. The Morgan fingerprint density at radius 3 is 1.88 bits per heavy atom. The highest BCUT2D eigenvalue weighted by Gasteiger charge is 2.44. The molecule has 5 heteroatoms. The lowest BCUT2D eigenvalue weighted by Crippen LogP contribution is -2.47. The molecule has 33 heavy (non-hydrogen) atoms. The Kier molecular flexibility index (Phi) is 6.03. The highest BCUT2D eigenvalue weighted by atomic mass is 15.6. The van der Waals surface area contributed by atoms with Crippen LogP contribution in [0.2, 0.25) is 0 Å². The van der Waals surface area contributed by atoms with Crippen LogP contribution in [0.25, 0.3) is 0 Å². The van der Waals surface area contributed by atoms with Crippen LogP contribution in [0.3, 0.4) is 0 Å². The Labute approximate surface area is 195 Å². The number of hydrazine groups is 1. The van der Waals surface area contributed by atoms with Gasteiger partial charge in [0.1, 0.15) is 0 Å². The van der Waals surface area contributed by atoms with Crippen LogP contribution in [0.1, 0.15) is 30.0 Å². The Morgan fingerprint density at radius 2 is 1.30 bits per heavy atom. The van der Waals surface area contributed by atoms with Gasteiger partial charge in [0.05, 0.1) is 17.9 Å². The van der Waals surface area contributed by atoms with Crippen molar-refractivity contribution >= 4 is 11.4 Å². The van der Waals surface area contributed by atoms with Gasteiger partial charge >= 0.3 is 0 Å². The van der Waals surface area contributed by atoms with Gasteiger partial charge in [0.2, 0.25) is 0 Å². The fourth-order valence-electron chi connectivity index (χ4n) is 5.08. The first kappa shape index (κ1) is 21.1. The van der Waals surface area contributed by atoms with E-state index in [9.17, 15) is 0 Å². The van der Waals surface area contributed by atoms with Gasteiger partial charge in [-0.1, -0.05) is 25.1 Å². The maximum absolute atomic E-state index is 4.25. The first-order chi connectivity index (χ1) is 16.3. The minimum Gasteiger partial charge on any atom is -0.285 e. The van der Waals surface area contributed by atoms with Crippen molar-refractivity contribution in [2.45, 2.75) is 31.6 Å². The minimum absolute atomic E-state index is 0.0711. The molecule has 0 amide bonds. The number of hydrogen-bond donors (Lipinski definition) is 0. The van der Waals surface area contributed by atoms with Crippen LogP contribution >= 0.6 is 0 Å². The second-order valence-corrected chi connectivity index (χ2v) is 8.75. The zero-order valence-corrected chi connectivity index (χ0v) is 19.0. The summed E-state index contributed by atoms with van der Waals surface area (Å²) in [6.45, 7) is 4.08. The van der Waals surface area contributed by atoms with Crippen molar-refractivity contribution in [2.75, 3.05) is 23.1 Å². The molecule has 166 valence electrons. The summed E-state index contributed by atoms with van der Waals surface area (Å²) in [5, 5.41) is 4.90. The first-order valence-corrected chi connectivity index (χ1v) is 11.6. The summed E-state index contributed by atoms with van der Waals surface area (Å²) < 4.78 is 0. The molecule has 0 spiro atoms. The summed E-state index contributed by atoms with van der Waals surface area (Å²) in [6.07, 6.45) is 14.3. The number of fused-ring (bicyclic) bond motifs is 1. The van der Waals surface area contributed by atoms with E-state index in [-0.39, 0.29) is 5.41 Å². The topological polar surface area (TPSA) is 45.2 Å². The molecule has 1 aliphatic heterocycles. The molecule has 0 radical (unpaired) electrons. The number of anilines is 2. The van der Waals surface area contributed by atoms with Crippen molar-refractivity contribution in [3.63, 3.8) is 0 Å². The van der Waals surface area contributed by atoms with Gasteiger partial charge in [0.25, 0.3) is 0 Å². The van der Waals surface area contributed by atoms with Gasteiger partial charge in [-0.3, -0.25) is 25.0 Å². The van der Waals surface area contributed by atoms with E-state index in [2.05, 4.69) is 92.6 Å². The highest BCUT2D eigenvalue weighted by molar-refractivity contribution is 5.68. The van der Waals surface area contributed by atoms with E-state index >= 15 is 0 Å². The third-order valence-corrected chi connectivity index (χ3v) is 6.48. The molecule has 1 aromatic carbocycles. The van der Waals surface area contributed by atoms with Gasteiger partial charge in [-0.05, 0) is 78.4 Å². The number of benzene rings is 1. The van der Waals surface area contributed by atoms with Crippen LogP contribution in [0, 0.1) is 0 Å². The number of nitrogens with zero attached hydrogens (tertiary/aromatic N) is 5. The molecule has 0 aliphatic carbocycles. The van der Waals surface area contributed by atoms with Gasteiger partial charge < -0.3 is 0 Å². The average molecular weight is 436 g/mol. The van der Waals surface area contributed by atoms with E-state index in [1.54, 1.807) is 0 Å². The summed E-state index contributed by atoms with van der Waals surface area (Å²) in [5.74, 6) is 0. The standard InChI is InChI=1S/C28H29N5/c1-2-19-32(25-11-17-31-18-12-25)33-22-28(20-23-7-13-29-14-8-23,21-24-9-15-30-16-10-24)26-5-3-4-6-27(26)33/h3-18H,2,19-22H2,1H3. The summed E-state index contributed by atoms with van der Waals surface area (Å²) in [6, 6.07) is 21.7. The quantitative estimate of drug-likeness (QED) is 0.378. The van der Waals surface area contributed by atoms with Crippen LogP contribution in [0.15, 0.2) is 97.8 Å². The van der Waals surface area contributed by atoms with Gasteiger partial charge in [-0.2, -0.15) is 0 Å². The highest BCUT2D eigenvalue weighted by Crippen LogP contribution is 2.46. The van der Waals surface area contributed by atoms with Crippen LogP contribution in [-0.2, 0) is 18.3 Å². The van der Waals surface area contributed by atoms with Crippen molar-refractivity contribution in [3.8, 4) is 0 Å². The fourth-order valence-corrected chi connectivity index (χ4v) is 5.08. The number of hydrogen-bond acceptors (Lipinski definition) is 5. The molecule has 3 aromatic heterocycles. The van der Waals surface area contributed by atoms with Crippen LogP contribution in [0.4, 0.5) is 11.4 Å². The third kappa shape index (κ3) is 4.31. The molecule has 4 aromatic rings. The lowest BCUT2D eigenvalue weighted by molar-refractivity contribution is 0.439. The number of aromatic nitrogens is 3. The third-order valence-electron chi connectivity index (χ3n) is 6.48. The molecule has 0 saturated heterocycles. The Bertz CT molecular complexity index is 1120. The van der Waals surface area contributed by atoms with Crippen LogP contribution in [-0.4, -0.2) is 28.0 Å². The molecule has 5 nitrogen and oxygen atoms in total. The van der Waals surface area contributed by atoms with E-state index in [0.29, 0.717) is 0 Å². The molecule has 0 atom stereocenters. The maximum atomic E-state index is 4.25. The van der Waals surface area contributed by atoms with Gasteiger partial charge in [0.15, 0.2) is 0 Å². The van der Waals surface area contributed by atoms with E-state index in [1.807, 2.05) is 37.2 Å². The number of para-hydroxylation sites is 1. The Hall–Kier alpha value is -3.73. The average Bonchev–Trinajstić information content (AvgIpc) is 3.18. The molecule has 4 heterocycles. The lowest BCUT2D eigenvalue weighted by Gasteiger charge is -2.38. The van der Waals surface area contributed by atoms with E-state index in [4.69, 9.17) is 0 Å². The molecule has 0 saturated carbocycles. The second-order valence-electron chi connectivity index (χ2n) is 8.75. The molecular weight excluding hydrogens is 406 g/mol. The SMILES string of the molecule is CCCN(c1ccncc1)N1CC(Cc2ccncc2)(Cc2ccncc2)c2ccccc21. The summed E-state index contributed by atoms with van der Waals surface area (Å²) in [5.41, 5.74) is 6.39. The maximum Gasteiger partial charge on any atom is 0.0613 e. The van der Waals surface area contributed by atoms with Crippen molar-refractivity contribution in [1.82, 2.24) is 15.0 Å². The van der Waals surface area contributed by atoms with Crippen LogP contribution in [0.5, 0.6) is 0 Å². The molecule has 0 fully saturated rings. The zero-order valence-electron chi connectivity index (χ0n) is 19.0.